The second kappa shape index (κ2) is 6.36. The van der Waals surface area contributed by atoms with Crippen molar-refractivity contribution in [1.29, 1.82) is 0 Å². The van der Waals surface area contributed by atoms with Crippen molar-refractivity contribution in [3.8, 4) is 0 Å². The highest BCUT2D eigenvalue weighted by molar-refractivity contribution is 4.92. The first-order chi connectivity index (χ1) is 8.61. The highest BCUT2D eigenvalue weighted by Crippen LogP contribution is 2.39. The topological polar surface area (TPSA) is 32.7 Å². The molecule has 106 valence electrons. The van der Waals surface area contributed by atoms with Crippen molar-refractivity contribution in [3.63, 3.8) is 0 Å². The molecule has 0 bridgehead atoms. The summed E-state index contributed by atoms with van der Waals surface area (Å²) in [6.45, 7) is 3.79. The first kappa shape index (κ1) is 14.3. The lowest BCUT2D eigenvalue weighted by Crippen LogP contribution is -2.48. The van der Waals surface area contributed by atoms with Gasteiger partial charge in [-0.1, -0.05) is 19.3 Å². The lowest BCUT2D eigenvalue weighted by atomic mass is 9.78. The summed E-state index contributed by atoms with van der Waals surface area (Å²) in [5.41, 5.74) is 0.195. The Labute approximate surface area is 112 Å². The zero-order chi connectivity index (χ0) is 13.0. The van der Waals surface area contributed by atoms with Gasteiger partial charge in [0.25, 0.3) is 0 Å². The van der Waals surface area contributed by atoms with Gasteiger partial charge in [0.2, 0.25) is 0 Å². The lowest BCUT2D eigenvalue weighted by Gasteiger charge is -2.46. The number of ether oxygens (including phenoxy) is 1. The summed E-state index contributed by atoms with van der Waals surface area (Å²) in [6, 6.07) is 0.649. The van der Waals surface area contributed by atoms with Crippen LogP contribution in [0.3, 0.4) is 0 Å². The zero-order valence-electron chi connectivity index (χ0n) is 12.0. The monoisotopic (exact) mass is 255 g/mol. The third-order valence-electron chi connectivity index (χ3n) is 4.75. The van der Waals surface area contributed by atoms with Gasteiger partial charge < -0.3 is 14.7 Å². The molecule has 2 unspecified atom stereocenters. The molecular formula is C15H29NO2. The molecular weight excluding hydrogens is 226 g/mol. The SMILES string of the molecule is CC(O)CCN(C)C1CCOC2(CCCCC2)C1. The van der Waals surface area contributed by atoms with E-state index < -0.39 is 0 Å². The standard InChI is InChI=1S/C15H29NO2/c1-13(17)6-10-16(2)14-7-11-18-15(12-14)8-4-3-5-9-15/h13-14,17H,3-12H2,1-2H3. The fourth-order valence-electron chi connectivity index (χ4n) is 3.50. The van der Waals surface area contributed by atoms with E-state index in [9.17, 15) is 5.11 Å². The number of hydrogen-bond donors (Lipinski definition) is 1. The average Bonchev–Trinajstić information content (AvgIpc) is 2.37. The molecule has 1 aliphatic heterocycles. The van der Waals surface area contributed by atoms with Gasteiger partial charge >= 0.3 is 0 Å². The molecule has 0 aromatic rings. The Morgan fingerprint density at radius 2 is 2.06 bits per heavy atom. The maximum Gasteiger partial charge on any atom is 0.0697 e. The minimum Gasteiger partial charge on any atom is -0.393 e. The van der Waals surface area contributed by atoms with Crippen molar-refractivity contribution < 1.29 is 9.84 Å². The number of hydrogen-bond acceptors (Lipinski definition) is 3. The number of nitrogens with zero attached hydrogens (tertiary/aromatic N) is 1. The summed E-state index contributed by atoms with van der Waals surface area (Å²) in [5, 5.41) is 9.39. The first-order valence-electron chi connectivity index (χ1n) is 7.64. The van der Waals surface area contributed by atoms with Crippen LogP contribution in [0.5, 0.6) is 0 Å². The van der Waals surface area contributed by atoms with Crippen molar-refractivity contribution in [2.24, 2.45) is 0 Å². The Bertz CT molecular complexity index is 243. The van der Waals surface area contributed by atoms with Gasteiger partial charge in [0.1, 0.15) is 0 Å². The summed E-state index contributed by atoms with van der Waals surface area (Å²) in [7, 11) is 2.20. The van der Waals surface area contributed by atoms with Crippen LogP contribution in [-0.2, 0) is 4.74 Å². The van der Waals surface area contributed by atoms with E-state index in [2.05, 4.69) is 11.9 Å². The summed E-state index contributed by atoms with van der Waals surface area (Å²) >= 11 is 0. The van der Waals surface area contributed by atoms with Crippen molar-refractivity contribution in [3.05, 3.63) is 0 Å². The van der Waals surface area contributed by atoms with Crippen LogP contribution < -0.4 is 0 Å². The summed E-state index contributed by atoms with van der Waals surface area (Å²) in [5.74, 6) is 0. The Kier molecular flexibility index (Phi) is 5.05. The molecule has 1 heterocycles. The molecule has 1 aliphatic carbocycles. The summed E-state index contributed by atoms with van der Waals surface area (Å²) < 4.78 is 6.14. The van der Waals surface area contributed by atoms with Gasteiger partial charge in [-0.05, 0) is 46.1 Å². The molecule has 0 aromatic carbocycles. The quantitative estimate of drug-likeness (QED) is 0.838. The molecule has 2 aliphatic rings. The third-order valence-corrected chi connectivity index (χ3v) is 4.75. The average molecular weight is 255 g/mol. The minimum absolute atomic E-state index is 0.184. The van der Waals surface area contributed by atoms with Crippen molar-refractivity contribution in [2.45, 2.75) is 76.0 Å². The smallest absolute Gasteiger partial charge is 0.0697 e. The molecule has 1 spiro atoms. The minimum atomic E-state index is -0.184. The number of rotatable bonds is 4. The van der Waals surface area contributed by atoms with Crippen LogP contribution in [0.2, 0.25) is 0 Å². The first-order valence-corrected chi connectivity index (χ1v) is 7.64. The van der Waals surface area contributed by atoms with Crippen LogP contribution in [0.1, 0.15) is 58.3 Å². The maximum atomic E-state index is 9.39. The molecule has 1 N–H and O–H groups in total. The maximum absolute atomic E-state index is 9.39. The van der Waals surface area contributed by atoms with E-state index in [4.69, 9.17) is 4.74 Å². The normalized spacial score (nSPS) is 29.7. The Morgan fingerprint density at radius 3 is 2.72 bits per heavy atom. The molecule has 3 nitrogen and oxygen atoms in total. The van der Waals surface area contributed by atoms with Crippen LogP contribution in [-0.4, -0.2) is 48.0 Å². The van der Waals surface area contributed by atoms with E-state index in [1.54, 1.807) is 0 Å². The van der Waals surface area contributed by atoms with E-state index in [1.165, 1.54) is 38.5 Å². The molecule has 2 atom stereocenters. The molecule has 1 saturated heterocycles. The molecule has 0 aromatic heterocycles. The summed E-state index contributed by atoms with van der Waals surface area (Å²) in [4.78, 5) is 2.44. The van der Waals surface area contributed by atoms with Crippen LogP contribution in [0.4, 0.5) is 0 Å². The Hall–Kier alpha value is -0.120. The molecule has 2 fully saturated rings. The fraction of sp³-hybridized carbons (Fsp3) is 1.00. The highest BCUT2D eigenvalue weighted by atomic mass is 16.5. The van der Waals surface area contributed by atoms with Crippen molar-refractivity contribution in [1.82, 2.24) is 4.90 Å². The molecule has 0 amide bonds. The van der Waals surface area contributed by atoms with Gasteiger partial charge in [-0.3, -0.25) is 0 Å². The van der Waals surface area contributed by atoms with E-state index in [1.807, 2.05) is 6.92 Å². The zero-order valence-corrected chi connectivity index (χ0v) is 12.0. The Balaban J connectivity index is 1.85. The van der Waals surface area contributed by atoms with Crippen LogP contribution in [0, 0.1) is 0 Å². The fourth-order valence-corrected chi connectivity index (χ4v) is 3.50. The highest BCUT2D eigenvalue weighted by Gasteiger charge is 2.39. The Morgan fingerprint density at radius 1 is 1.33 bits per heavy atom. The molecule has 3 heteroatoms. The molecule has 0 radical (unpaired) electrons. The second-order valence-corrected chi connectivity index (χ2v) is 6.36. The van der Waals surface area contributed by atoms with E-state index >= 15 is 0 Å². The largest absolute Gasteiger partial charge is 0.393 e. The van der Waals surface area contributed by atoms with E-state index in [-0.39, 0.29) is 11.7 Å². The van der Waals surface area contributed by atoms with E-state index in [0.29, 0.717) is 6.04 Å². The van der Waals surface area contributed by atoms with Gasteiger partial charge in [-0.25, -0.2) is 0 Å². The number of aliphatic hydroxyl groups excluding tert-OH is 1. The number of aliphatic hydroxyl groups is 1. The predicted molar refractivity (Wildman–Crippen MR) is 73.7 cm³/mol. The van der Waals surface area contributed by atoms with Crippen LogP contribution in [0.25, 0.3) is 0 Å². The molecule has 2 rings (SSSR count). The van der Waals surface area contributed by atoms with Gasteiger partial charge in [0.05, 0.1) is 11.7 Å². The van der Waals surface area contributed by atoms with Crippen LogP contribution in [0.15, 0.2) is 0 Å². The summed E-state index contributed by atoms with van der Waals surface area (Å²) in [6.07, 6.45) is 9.61. The lowest BCUT2D eigenvalue weighted by molar-refractivity contribution is -0.122. The van der Waals surface area contributed by atoms with Crippen LogP contribution >= 0.6 is 0 Å². The predicted octanol–water partition coefficient (Wildman–Crippen LogP) is 2.57. The van der Waals surface area contributed by atoms with Crippen molar-refractivity contribution in [2.75, 3.05) is 20.2 Å². The third kappa shape index (κ3) is 3.69. The van der Waals surface area contributed by atoms with Gasteiger partial charge in [-0.2, -0.15) is 0 Å². The molecule has 1 saturated carbocycles. The second-order valence-electron chi connectivity index (χ2n) is 6.36. The van der Waals surface area contributed by atoms with E-state index in [0.717, 1.165) is 26.0 Å². The van der Waals surface area contributed by atoms with Gasteiger partial charge in [-0.15, -0.1) is 0 Å². The van der Waals surface area contributed by atoms with Crippen molar-refractivity contribution >= 4 is 0 Å². The van der Waals surface area contributed by atoms with Gasteiger partial charge in [0, 0.05) is 19.2 Å². The molecule has 18 heavy (non-hydrogen) atoms. The van der Waals surface area contributed by atoms with Gasteiger partial charge in [0.15, 0.2) is 0 Å².